The fraction of sp³-hybridized carbons (Fsp3) is 0.692. The Morgan fingerprint density at radius 2 is 2.17 bits per heavy atom. The highest BCUT2D eigenvalue weighted by molar-refractivity contribution is 7.95. The van der Waals surface area contributed by atoms with E-state index in [2.05, 4.69) is 10.4 Å². The Morgan fingerprint density at radius 3 is 2.79 bits per heavy atom. The van der Waals surface area contributed by atoms with Crippen molar-refractivity contribution >= 4 is 25.8 Å². The molecule has 1 fully saturated rings. The number of aromatic nitrogens is 2. The van der Waals surface area contributed by atoms with Gasteiger partial charge in [-0.15, -0.1) is 0 Å². The minimum Gasteiger partial charge on any atom is -0.351 e. The van der Waals surface area contributed by atoms with Crippen molar-refractivity contribution in [2.75, 3.05) is 18.1 Å². The monoisotopic (exact) mass is 376 g/mol. The lowest BCUT2D eigenvalue weighted by molar-refractivity contribution is -0.119. The van der Waals surface area contributed by atoms with Gasteiger partial charge in [0.15, 0.2) is 9.84 Å². The van der Waals surface area contributed by atoms with E-state index >= 15 is 0 Å². The van der Waals surface area contributed by atoms with E-state index < -0.39 is 25.1 Å². The molecule has 3 heterocycles. The number of fused-ring (bicyclic) bond motifs is 1. The Bertz CT molecular complexity index is 859. The van der Waals surface area contributed by atoms with Crippen molar-refractivity contribution < 1.29 is 21.6 Å². The first-order valence-electron chi connectivity index (χ1n) is 7.67. The van der Waals surface area contributed by atoms with E-state index in [1.54, 1.807) is 10.7 Å². The number of sulfonamides is 1. The van der Waals surface area contributed by atoms with Gasteiger partial charge in [-0.2, -0.15) is 9.40 Å². The van der Waals surface area contributed by atoms with Crippen molar-refractivity contribution in [1.29, 1.82) is 0 Å². The van der Waals surface area contributed by atoms with E-state index in [4.69, 9.17) is 0 Å². The van der Waals surface area contributed by atoms with Gasteiger partial charge in [0.05, 0.1) is 47.8 Å². The molecule has 9 nitrogen and oxygen atoms in total. The Hall–Kier alpha value is -1.46. The summed E-state index contributed by atoms with van der Waals surface area (Å²) < 4.78 is 51.6. The summed E-state index contributed by atoms with van der Waals surface area (Å²) in [5.41, 5.74) is 1.41. The fourth-order valence-electron chi connectivity index (χ4n) is 3.03. The van der Waals surface area contributed by atoms with Crippen LogP contribution in [0.25, 0.3) is 0 Å². The van der Waals surface area contributed by atoms with Crippen molar-refractivity contribution in [3.05, 3.63) is 17.5 Å². The number of carbonyl (C=O) groups is 1. The van der Waals surface area contributed by atoms with Crippen LogP contribution in [-0.4, -0.2) is 60.1 Å². The topological polar surface area (TPSA) is 118 Å². The number of nitrogens with zero attached hydrogens (tertiary/aromatic N) is 3. The molecule has 24 heavy (non-hydrogen) atoms. The first-order valence-corrected chi connectivity index (χ1v) is 11.0. The lowest BCUT2D eigenvalue weighted by Gasteiger charge is -2.29. The zero-order valence-electron chi connectivity index (χ0n) is 13.3. The average Bonchev–Trinajstić information content (AvgIpc) is 3.07. The highest BCUT2D eigenvalue weighted by Gasteiger charge is 2.41. The van der Waals surface area contributed by atoms with Gasteiger partial charge in [-0.3, -0.25) is 9.48 Å². The molecule has 1 aromatic heterocycles. The van der Waals surface area contributed by atoms with Gasteiger partial charge in [0.25, 0.3) is 0 Å². The Balaban J connectivity index is 1.73. The normalized spacial score (nSPS) is 23.8. The number of carbonyl (C=O) groups excluding carboxylic acids is 1. The van der Waals surface area contributed by atoms with E-state index in [0.717, 1.165) is 5.69 Å². The van der Waals surface area contributed by atoms with Gasteiger partial charge >= 0.3 is 0 Å². The van der Waals surface area contributed by atoms with Gasteiger partial charge in [0.1, 0.15) is 0 Å². The first kappa shape index (κ1) is 17.4. The van der Waals surface area contributed by atoms with Crippen LogP contribution in [-0.2, 0) is 44.3 Å². The van der Waals surface area contributed by atoms with E-state index in [-0.39, 0.29) is 36.9 Å². The molecular formula is C13H20N4O5S2. The number of sulfone groups is 1. The molecule has 11 heteroatoms. The highest BCUT2D eigenvalue weighted by atomic mass is 32.2. The highest BCUT2D eigenvalue weighted by Crippen LogP contribution is 2.25. The van der Waals surface area contributed by atoms with Gasteiger partial charge in [0, 0.05) is 13.5 Å². The van der Waals surface area contributed by atoms with Crippen LogP contribution in [0.4, 0.5) is 0 Å². The van der Waals surface area contributed by atoms with Crippen LogP contribution < -0.4 is 5.32 Å². The van der Waals surface area contributed by atoms with E-state index in [0.29, 0.717) is 18.8 Å². The third-order valence-corrected chi connectivity index (χ3v) is 8.56. The summed E-state index contributed by atoms with van der Waals surface area (Å²) >= 11 is 0. The summed E-state index contributed by atoms with van der Waals surface area (Å²) in [4.78, 5) is 11.0. The standard InChI is InChI=1S/C13H20N4O5S2/c1-10(18)14-7-11-6-12-8-16(3-4-17(12)15-11)24(21,22)13-2-5-23(19,20)9-13/h6,13H,2-5,7-9H2,1H3,(H,14,18)/t13-/m0/s1. The van der Waals surface area contributed by atoms with Crippen molar-refractivity contribution in [3.63, 3.8) is 0 Å². The summed E-state index contributed by atoms with van der Waals surface area (Å²) in [7, 11) is -6.90. The van der Waals surface area contributed by atoms with Crippen LogP contribution >= 0.6 is 0 Å². The second-order valence-electron chi connectivity index (χ2n) is 6.16. The minimum absolute atomic E-state index is 0.0659. The Kier molecular flexibility index (Phi) is 4.43. The van der Waals surface area contributed by atoms with Gasteiger partial charge < -0.3 is 5.32 Å². The molecule has 1 atom stereocenters. The molecule has 0 saturated carbocycles. The summed E-state index contributed by atoms with van der Waals surface area (Å²) in [6.07, 6.45) is 0.161. The van der Waals surface area contributed by atoms with Gasteiger partial charge in [-0.05, 0) is 12.5 Å². The molecule has 1 amide bonds. The first-order chi connectivity index (χ1) is 11.2. The molecule has 134 valence electrons. The number of rotatable bonds is 4. The Labute approximate surface area is 141 Å². The molecule has 2 aliphatic rings. The summed E-state index contributed by atoms with van der Waals surface area (Å²) in [5.74, 6) is -0.518. The van der Waals surface area contributed by atoms with Crippen molar-refractivity contribution in [2.24, 2.45) is 0 Å². The lowest BCUT2D eigenvalue weighted by Crippen LogP contribution is -2.43. The second kappa shape index (κ2) is 6.12. The molecule has 3 rings (SSSR count). The number of amides is 1. The van der Waals surface area contributed by atoms with Crippen molar-refractivity contribution in [3.8, 4) is 0 Å². The largest absolute Gasteiger partial charge is 0.351 e. The van der Waals surface area contributed by atoms with E-state index in [1.807, 2.05) is 0 Å². The molecule has 0 spiro atoms. The van der Waals surface area contributed by atoms with Crippen LogP contribution in [0.1, 0.15) is 24.7 Å². The van der Waals surface area contributed by atoms with E-state index in [1.165, 1.54) is 11.2 Å². The molecule has 2 aliphatic heterocycles. The summed E-state index contributed by atoms with van der Waals surface area (Å²) in [6, 6.07) is 1.77. The molecule has 1 N–H and O–H groups in total. The molecule has 1 saturated heterocycles. The lowest BCUT2D eigenvalue weighted by atomic mass is 10.3. The van der Waals surface area contributed by atoms with Crippen molar-refractivity contribution in [2.45, 2.75) is 38.2 Å². The zero-order valence-corrected chi connectivity index (χ0v) is 14.9. The average molecular weight is 376 g/mol. The van der Waals surface area contributed by atoms with Gasteiger partial charge in [-0.25, -0.2) is 16.8 Å². The van der Waals surface area contributed by atoms with Crippen LogP contribution in [0.3, 0.4) is 0 Å². The smallest absolute Gasteiger partial charge is 0.218 e. The number of hydrogen-bond donors (Lipinski definition) is 1. The van der Waals surface area contributed by atoms with Crippen LogP contribution in [0.5, 0.6) is 0 Å². The fourth-order valence-corrected chi connectivity index (χ4v) is 7.52. The molecule has 0 aliphatic carbocycles. The summed E-state index contributed by atoms with van der Waals surface area (Å²) in [6.45, 7) is 2.57. The quantitative estimate of drug-likeness (QED) is 0.709. The predicted octanol–water partition coefficient (Wildman–Crippen LogP) is -1.15. The number of nitrogens with one attached hydrogen (secondary N) is 1. The second-order valence-corrected chi connectivity index (χ2v) is 10.6. The maximum atomic E-state index is 12.7. The molecule has 0 radical (unpaired) electrons. The molecule has 0 unspecified atom stereocenters. The maximum absolute atomic E-state index is 12.7. The maximum Gasteiger partial charge on any atom is 0.218 e. The molecule has 0 bridgehead atoms. The predicted molar refractivity (Wildman–Crippen MR) is 86.1 cm³/mol. The van der Waals surface area contributed by atoms with Gasteiger partial charge in [0.2, 0.25) is 15.9 Å². The van der Waals surface area contributed by atoms with Crippen LogP contribution in [0.15, 0.2) is 6.07 Å². The van der Waals surface area contributed by atoms with Crippen LogP contribution in [0.2, 0.25) is 0 Å². The minimum atomic E-state index is -3.65. The van der Waals surface area contributed by atoms with Gasteiger partial charge in [-0.1, -0.05) is 0 Å². The summed E-state index contributed by atoms with van der Waals surface area (Å²) in [5, 5.41) is 6.15. The molecular weight excluding hydrogens is 356 g/mol. The Morgan fingerprint density at radius 1 is 1.42 bits per heavy atom. The van der Waals surface area contributed by atoms with Crippen LogP contribution in [0, 0.1) is 0 Å². The van der Waals surface area contributed by atoms with Crippen molar-refractivity contribution in [1.82, 2.24) is 19.4 Å². The van der Waals surface area contributed by atoms with E-state index in [9.17, 15) is 21.6 Å². The number of hydrogen-bond acceptors (Lipinski definition) is 6. The zero-order chi connectivity index (χ0) is 17.5. The molecule has 1 aromatic rings. The third kappa shape index (κ3) is 3.47. The SMILES string of the molecule is CC(=O)NCc1cc2n(n1)CCN(S(=O)(=O)[C@H]1CCS(=O)(=O)C1)C2. The third-order valence-electron chi connectivity index (χ3n) is 4.30. The molecule has 0 aromatic carbocycles.